The predicted molar refractivity (Wildman–Crippen MR) is 103 cm³/mol. The number of hydrogen-bond donors (Lipinski definition) is 1. The number of anilines is 1. The summed E-state index contributed by atoms with van der Waals surface area (Å²) >= 11 is 0. The van der Waals surface area contributed by atoms with Crippen LogP contribution >= 0.6 is 0 Å². The highest BCUT2D eigenvalue weighted by Crippen LogP contribution is 2.35. The number of carbonyl (C=O) groups excluding carboxylic acids is 1. The molecule has 4 rings (SSSR count). The topological polar surface area (TPSA) is 67.4 Å². The Morgan fingerprint density at radius 1 is 1.11 bits per heavy atom. The zero-order valence-corrected chi connectivity index (χ0v) is 15.6. The van der Waals surface area contributed by atoms with E-state index in [4.69, 9.17) is 4.74 Å². The van der Waals surface area contributed by atoms with Crippen molar-refractivity contribution < 1.29 is 9.53 Å². The van der Waals surface area contributed by atoms with Gasteiger partial charge in [-0.2, -0.15) is 0 Å². The Labute approximate surface area is 160 Å². The van der Waals surface area contributed by atoms with Crippen molar-refractivity contribution in [1.82, 2.24) is 15.3 Å². The quantitative estimate of drug-likeness (QED) is 0.880. The van der Waals surface area contributed by atoms with Crippen molar-refractivity contribution in [2.45, 2.75) is 37.6 Å². The summed E-state index contributed by atoms with van der Waals surface area (Å²) in [5.41, 5.74) is 1.38. The minimum atomic E-state index is -0.523. The summed E-state index contributed by atoms with van der Waals surface area (Å²) in [7, 11) is 0. The maximum atomic E-state index is 13.2. The first-order valence-electron chi connectivity index (χ1n) is 9.76. The molecule has 1 aromatic heterocycles. The van der Waals surface area contributed by atoms with E-state index in [1.165, 1.54) is 12.8 Å². The molecule has 0 saturated carbocycles. The molecular formula is C21H26N4O2. The molecule has 3 heterocycles. The minimum Gasteiger partial charge on any atom is -0.381 e. The van der Waals surface area contributed by atoms with Crippen LogP contribution in [0.15, 0.2) is 42.6 Å². The van der Waals surface area contributed by atoms with Crippen molar-refractivity contribution in [3.05, 3.63) is 53.9 Å². The molecule has 142 valence electrons. The van der Waals surface area contributed by atoms with E-state index < -0.39 is 5.41 Å². The lowest BCUT2D eigenvalue weighted by Crippen LogP contribution is -2.47. The van der Waals surface area contributed by atoms with Gasteiger partial charge in [-0.15, -0.1) is 0 Å². The number of ether oxygens (including phenoxy) is 1. The first-order chi connectivity index (χ1) is 13.3. The zero-order chi connectivity index (χ0) is 18.5. The van der Waals surface area contributed by atoms with Gasteiger partial charge < -0.3 is 15.0 Å². The summed E-state index contributed by atoms with van der Waals surface area (Å²) in [5, 5.41) is 3.12. The van der Waals surface area contributed by atoms with Gasteiger partial charge >= 0.3 is 0 Å². The summed E-state index contributed by atoms with van der Waals surface area (Å²) in [6, 6.07) is 11.9. The molecule has 0 spiro atoms. The fraction of sp³-hybridized carbons (Fsp3) is 0.476. The second-order valence-corrected chi connectivity index (χ2v) is 7.29. The van der Waals surface area contributed by atoms with E-state index in [1.54, 1.807) is 6.20 Å². The van der Waals surface area contributed by atoms with Crippen LogP contribution < -0.4 is 10.2 Å². The number of rotatable bonds is 5. The maximum Gasteiger partial charge on any atom is 0.231 e. The molecule has 6 nitrogen and oxygen atoms in total. The third-order valence-electron chi connectivity index (χ3n) is 5.63. The number of aromatic nitrogens is 2. The minimum absolute atomic E-state index is 0.0540. The van der Waals surface area contributed by atoms with Gasteiger partial charge in [-0.1, -0.05) is 30.3 Å². The summed E-state index contributed by atoms with van der Waals surface area (Å²) in [5.74, 6) is 0.821. The smallest absolute Gasteiger partial charge is 0.231 e. The second kappa shape index (κ2) is 8.05. The molecule has 2 aliphatic rings. The monoisotopic (exact) mass is 366 g/mol. The Balaban J connectivity index is 1.48. The third kappa shape index (κ3) is 3.81. The number of carbonyl (C=O) groups is 1. The van der Waals surface area contributed by atoms with E-state index in [0.717, 1.165) is 30.3 Å². The molecule has 2 aromatic rings. The Kier molecular flexibility index (Phi) is 5.34. The van der Waals surface area contributed by atoms with Crippen LogP contribution in [0.5, 0.6) is 0 Å². The van der Waals surface area contributed by atoms with E-state index in [9.17, 15) is 4.79 Å². The lowest BCUT2D eigenvalue weighted by Gasteiger charge is -2.36. The second-order valence-electron chi connectivity index (χ2n) is 7.29. The number of nitrogens with zero attached hydrogens (tertiary/aromatic N) is 3. The normalized spacial score (nSPS) is 19.0. The molecule has 1 amide bonds. The molecule has 1 N–H and O–H groups in total. The lowest BCUT2D eigenvalue weighted by molar-refractivity contribution is -0.130. The number of hydrogen-bond acceptors (Lipinski definition) is 5. The maximum absolute atomic E-state index is 13.2. The first kappa shape index (κ1) is 17.9. The zero-order valence-electron chi connectivity index (χ0n) is 15.6. The average molecular weight is 366 g/mol. The van der Waals surface area contributed by atoms with Gasteiger partial charge in [0.15, 0.2) is 0 Å². The van der Waals surface area contributed by atoms with Gasteiger partial charge in [0, 0.05) is 32.5 Å². The van der Waals surface area contributed by atoms with Crippen LogP contribution in [0.2, 0.25) is 0 Å². The van der Waals surface area contributed by atoms with Crippen molar-refractivity contribution in [2.75, 3.05) is 31.2 Å². The SMILES string of the molecule is O=C(NCc1ccnc(N2CCCC2)n1)C1(c2ccccc2)CCOCC1. The summed E-state index contributed by atoms with van der Waals surface area (Å²) in [4.78, 5) is 24.4. The Hall–Kier alpha value is -2.47. The van der Waals surface area contributed by atoms with Crippen LogP contribution in [0.3, 0.4) is 0 Å². The van der Waals surface area contributed by atoms with Crippen LogP contribution in [0.4, 0.5) is 5.95 Å². The molecule has 27 heavy (non-hydrogen) atoms. The predicted octanol–water partition coefficient (Wildman–Crippen LogP) is 2.44. The van der Waals surface area contributed by atoms with E-state index in [2.05, 4.69) is 20.2 Å². The number of benzene rings is 1. The van der Waals surface area contributed by atoms with Crippen LogP contribution in [-0.4, -0.2) is 42.2 Å². The van der Waals surface area contributed by atoms with Crippen molar-refractivity contribution >= 4 is 11.9 Å². The van der Waals surface area contributed by atoms with Crippen molar-refractivity contribution in [3.8, 4) is 0 Å². The van der Waals surface area contributed by atoms with Gasteiger partial charge in [-0.3, -0.25) is 4.79 Å². The van der Waals surface area contributed by atoms with Gasteiger partial charge in [-0.25, -0.2) is 9.97 Å². The fourth-order valence-electron chi connectivity index (χ4n) is 4.02. The molecule has 0 aliphatic carbocycles. The lowest BCUT2D eigenvalue weighted by atomic mass is 9.73. The summed E-state index contributed by atoms with van der Waals surface area (Å²) in [6.45, 7) is 3.64. The molecule has 0 bridgehead atoms. The average Bonchev–Trinajstić information content (AvgIpc) is 3.28. The summed E-state index contributed by atoms with van der Waals surface area (Å²) < 4.78 is 5.53. The van der Waals surface area contributed by atoms with Crippen LogP contribution in [0.1, 0.15) is 36.9 Å². The molecule has 0 unspecified atom stereocenters. The van der Waals surface area contributed by atoms with E-state index >= 15 is 0 Å². The molecule has 0 atom stereocenters. The molecule has 0 radical (unpaired) electrons. The molecule has 1 aromatic carbocycles. The van der Waals surface area contributed by atoms with Gasteiger partial charge in [0.2, 0.25) is 11.9 Å². The number of amides is 1. The highest BCUT2D eigenvalue weighted by molar-refractivity contribution is 5.88. The Morgan fingerprint density at radius 2 is 1.85 bits per heavy atom. The fourth-order valence-corrected chi connectivity index (χ4v) is 4.02. The van der Waals surface area contributed by atoms with Gasteiger partial charge in [0.1, 0.15) is 0 Å². The Bertz CT molecular complexity index is 769. The largest absolute Gasteiger partial charge is 0.381 e. The van der Waals surface area contributed by atoms with Gasteiger partial charge in [0.05, 0.1) is 17.7 Å². The van der Waals surface area contributed by atoms with Gasteiger partial charge in [0.25, 0.3) is 0 Å². The molecule has 2 fully saturated rings. The first-order valence-corrected chi connectivity index (χ1v) is 9.76. The third-order valence-corrected chi connectivity index (χ3v) is 5.63. The van der Waals surface area contributed by atoms with Gasteiger partial charge in [-0.05, 0) is 37.3 Å². The number of nitrogens with one attached hydrogen (secondary N) is 1. The molecule has 6 heteroatoms. The standard InChI is InChI=1S/C21H26N4O2/c26-19(21(9-14-27-15-10-21)17-6-2-1-3-7-17)23-16-18-8-11-22-20(24-18)25-12-4-5-13-25/h1-3,6-8,11H,4-5,9-10,12-16H2,(H,23,26). The van der Waals surface area contributed by atoms with E-state index in [-0.39, 0.29) is 5.91 Å². The van der Waals surface area contributed by atoms with E-state index in [0.29, 0.717) is 32.6 Å². The van der Waals surface area contributed by atoms with E-state index in [1.807, 2.05) is 36.4 Å². The Morgan fingerprint density at radius 3 is 2.59 bits per heavy atom. The molecular weight excluding hydrogens is 340 g/mol. The van der Waals surface area contributed by atoms with Crippen molar-refractivity contribution in [1.29, 1.82) is 0 Å². The molecule has 2 aliphatic heterocycles. The molecule has 2 saturated heterocycles. The summed E-state index contributed by atoms with van der Waals surface area (Å²) in [6.07, 6.45) is 5.55. The van der Waals surface area contributed by atoms with Crippen LogP contribution in [-0.2, 0) is 21.5 Å². The van der Waals surface area contributed by atoms with Crippen molar-refractivity contribution in [2.24, 2.45) is 0 Å². The van der Waals surface area contributed by atoms with Crippen molar-refractivity contribution in [3.63, 3.8) is 0 Å². The highest BCUT2D eigenvalue weighted by Gasteiger charge is 2.41. The van der Waals surface area contributed by atoms with Crippen LogP contribution in [0, 0.1) is 0 Å². The highest BCUT2D eigenvalue weighted by atomic mass is 16.5. The van der Waals surface area contributed by atoms with Crippen LogP contribution in [0.25, 0.3) is 0 Å².